The average molecular weight is 1070 g/mol. The molecule has 5 aromatic rings. The molecule has 4 N–H and O–H groups in total. The Hall–Kier alpha value is -6.43. The van der Waals surface area contributed by atoms with Crippen LogP contribution in [0.2, 0.25) is 10.0 Å². The van der Waals surface area contributed by atoms with Gasteiger partial charge in [0.05, 0.1) is 61.9 Å². The summed E-state index contributed by atoms with van der Waals surface area (Å²) in [5.74, 6) is -3.42. The molecule has 0 fully saturated rings. The third-order valence-electron chi connectivity index (χ3n) is 10.3. The van der Waals surface area contributed by atoms with Crippen molar-refractivity contribution in [3.05, 3.63) is 129 Å². The number of carbonyl (C=O) groups is 6. The summed E-state index contributed by atoms with van der Waals surface area (Å²) in [7, 11) is 0. The maximum atomic E-state index is 13.6. The number of benzene rings is 5. The molecule has 0 spiro atoms. The monoisotopic (exact) mass is 1060 g/mol. The van der Waals surface area contributed by atoms with Gasteiger partial charge < -0.3 is 30.7 Å². The SMILES string of the molecule is CCOc1cc(C(C)Cl)ccc1NC(=O)c1cccc(N=NC(C(C)=O)C(=O)Nc2ccc(NC(=O)C(N=Nc3cccc(C(=O)Nc4ccc(C(C)Cl)cc4OCC)c3Cl)C(C)=O)c(C(C)Cl)c2)c1Cl. The first-order valence-electron chi connectivity index (χ1n) is 22.0. The van der Waals surface area contributed by atoms with Crippen molar-refractivity contribution >= 4 is 127 Å². The van der Waals surface area contributed by atoms with Crippen LogP contribution >= 0.6 is 58.0 Å². The minimum absolute atomic E-state index is 0.00429. The number of halogens is 5. The van der Waals surface area contributed by atoms with E-state index in [0.717, 1.165) is 25.0 Å². The maximum Gasteiger partial charge on any atom is 0.258 e. The number of nitrogens with zero attached hydrogens (tertiary/aromatic N) is 4. The zero-order valence-corrected chi connectivity index (χ0v) is 43.2. The van der Waals surface area contributed by atoms with Crippen molar-refractivity contribution in [3.63, 3.8) is 0 Å². The van der Waals surface area contributed by atoms with Crippen molar-refractivity contribution in [2.45, 2.75) is 76.7 Å². The minimum atomic E-state index is -1.66. The van der Waals surface area contributed by atoms with E-state index in [1.807, 2.05) is 13.8 Å². The molecule has 5 rings (SSSR count). The van der Waals surface area contributed by atoms with E-state index in [1.165, 1.54) is 54.6 Å². The number of azo groups is 2. The average Bonchev–Trinajstić information content (AvgIpc) is 3.31. The summed E-state index contributed by atoms with van der Waals surface area (Å²) in [6.07, 6.45) is 0. The number of nitrogens with one attached hydrogen (secondary N) is 4. The number of anilines is 4. The van der Waals surface area contributed by atoms with E-state index in [0.29, 0.717) is 41.7 Å². The first-order valence-corrected chi connectivity index (χ1v) is 24.0. The minimum Gasteiger partial charge on any atom is -0.492 e. The van der Waals surface area contributed by atoms with E-state index in [1.54, 1.807) is 57.2 Å². The van der Waals surface area contributed by atoms with Crippen LogP contribution in [0.5, 0.6) is 11.5 Å². The molecule has 0 saturated heterocycles. The number of ketones is 2. The standard InChI is InChI=1S/C50H49Cl5N8O8/c1-8-70-41-22-30(25(3)51)16-19-37(41)58-47(66)33-12-10-14-39(43(33)54)60-62-45(28(6)64)49(68)56-32-18-21-36(35(24-32)27(5)53)57-50(69)46(29(7)65)63-61-40-15-11-13-34(44(40)55)48(67)59-38-20-17-31(26(4)52)23-42(38)71-9-2/h10-27,45-46H,8-9H2,1-7H3,(H,56,68)(H,57,69)(H,58,66)(H,59,67). The summed E-state index contributed by atoms with van der Waals surface area (Å²) in [5, 5.41) is 25.4. The van der Waals surface area contributed by atoms with Gasteiger partial charge in [0.25, 0.3) is 23.6 Å². The van der Waals surface area contributed by atoms with Crippen molar-refractivity contribution in [3.8, 4) is 11.5 Å². The fourth-order valence-corrected chi connectivity index (χ4v) is 7.58. The van der Waals surface area contributed by atoms with Crippen molar-refractivity contribution in [2.24, 2.45) is 20.5 Å². The Morgan fingerprint density at radius 3 is 1.35 bits per heavy atom. The molecule has 0 aliphatic carbocycles. The summed E-state index contributed by atoms with van der Waals surface area (Å²) in [4.78, 5) is 79.4. The summed E-state index contributed by atoms with van der Waals surface area (Å²) in [6.45, 7) is 11.8. The highest BCUT2D eigenvalue weighted by Crippen LogP contribution is 2.36. The normalized spacial score (nSPS) is 13.4. The summed E-state index contributed by atoms with van der Waals surface area (Å²) >= 11 is 32.2. The Kier molecular flexibility index (Phi) is 20.0. The van der Waals surface area contributed by atoms with Gasteiger partial charge in [0.1, 0.15) is 22.9 Å². The van der Waals surface area contributed by atoms with Gasteiger partial charge in [-0.25, -0.2) is 0 Å². The van der Waals surface area contributed by atoms with E-state index in [4.69, 9.17) is 67.5 Å². The van der Waals surface area contributed by atoms with Crippen LogP contribution in [0.1, 0.15) is 102 Å². The van der Waals surface area contributed by atoms with Crippen molar-refractivity contribution in [2.75, 3.05) is 34.5 Å². The van der Waals surface area contributed by atoms with Crippen molar-refractivity contribution in [1.82, 2.24) is 0 Å². The van der Waals surface area contributed by atoms with Gasteiger partial charge in [0, 0.05) is 11.4 Å². The van der Waals surface area contributed by atoms with E-state index >= 15 is 0 Å². The molecule has 0 aliphatic rings. The van der Waals surface area contributed by atoms with Gasteiger partial charge in [-0.2, -0.15) is 20.5 Å². The Balaban J connectivity index is 1.29. The zero-order valence-electron chi connectivity index (χ0n) is 39.4. The largest absolute Gasteiger partial charge is 0.492 e. The summed E-state index contributed by atoms with van der Waals surface area (Å²) in [6, 6.07) is 20.2. The summed E-state index contributed by atoms with van der Waals surface area (Å²) < 4.78 is 11.4. The Labute approximate surface area is 435 Å². The maximum absolute atomic E-state index is 13.6. The molecule has 0 aromatic heterocycles. The van der Waals surface area contributed by atoms with Gasteiger partial charge in [-0.1, -0.05) is 47.5 Å². The second-order valence-electron chi connectivity index (χ2n) is 15.6. The predicted molar refractivity (Wildman–Crippen MR) is 279 cm³/mol. The topological polar surface area (TPSA) is 218 Å². The van der Waals surface area contributed by atoms with Crippen molar-refractivity contribution < 1.29 is 38.2 Å². The number of alkyl halides is 3. The number of rotatable bonds is 21. The van der Waals surface area contributed by atoms with Crippen LogP contribution in [0.3, 0.4) is 0 Å². The first kappa shape index (κ1) is 55.5. The molecule has 372 valence electrons. The molecule has 71 heavy (non-hydrogen) atoms. The summed E-state index contributed by atoms with van der Waals surface area (Å²) in [5.41, 5.74) is 3.09. The van der Waals surface area contributed by atoms with E-state index in [9.17, 15) is 28.8 Å². The van der Waals surface area contributed by atoms with Gasteiger partial charge in [-0.15, -0.1) is 34.8 Å². The second kappa shape index (κ2) is 25.6. The van der Waals surface area contributed by atoms with Crippen LogP contribution in [0.25, 0.3) is 0 Å². The van der Waals surface area contributed by atoms with Gasteiger partial charge in [-0.05, 0) is 132 Å². The lowest BCUT2D eigenvalue weighted by atomic mass is 10.1. The lowest BCUT2D eigenvalue weighted by molar-refractivity contribution is -0.127. The molecule has 0 aliphatic heterocycles. The van der Waals surface area contributed by atoms with Crippen LogP contribution in [0, 0.1) is 0 Å². The molecule has 0 saturated carbocycles. The lowest BCUT2D eigenvalue weighted by Gasteiger charge is -2.17. The molecular formula is C50H49Cl5N8O8. The molecule has 5 unspecified atom stereocenters. The lowest BCUT2D eigenvalue weighted by Crippen LogP contribution is -2.32. The van der Waals surface area contributed by atoms with Gasteiger partial charge in [-0.3, -0.25) is 28.8 Å². The Bertz CT molecular complexity index is 2890. The highest BCUT2D eigenvalue weighted by atomic mass is 35.5. The van der Waals surface area contributed by atoms with E-state index < -0.39 is 52.7 Å². The fourth-order valence-electron chi connectivity index (χ4n) is 6.62. The predicted octanol–water partition coefficient (Wildman–Crippen LogP) is 13.6. The fraction of sp³-hybridized carbons (Fsp3) is 0.280. The van der Waals surface area contributed by atoms with E-state index in [2.05, 4.69) is 41.7 Å². The van der Waals surface area contributed by atoms with Crippen molar-refractivity contribution in [1.29, 1.82) is 0 Å². The third kappa shape index (κ3) is 14.6. The van der Waals surface area contributed by atoms with Gasteiger partial charge in [0.15, 0.2) is 11.6 Å². The zero-order chi connectivity index (χ0) is 52.1. The molecule has 21 heteroatoms. The second-order valence-corrected chi connectivity index (χ2v) is 18.4. The molecule has 0 bridgehead atoms. The Morgan fingerprint density at radius 2 is 0.958 bits per heavy atom. The molecular weight excluding hydrogens is 1020 g/mol. The van der Waals surface area contributed by atoms with E-state index in [-0.39, 0.29) is 54.7 Å². The van der Waals surface area contributed by atoms with Crippen LogP contribution in [0.15, 0.2) is 111 Å². The van der Waals surface area contributed by atoms with Gasteiger partial charge in [0.2, 0.25) is 12.1 Å². The van der Waals surface area contributed by atoms with Crippen LogP contribution < -0.4 is 30.7 Å². The Morgan fingerprint density at radius 1 is 0.535 bits per heavy atom. The quantitative estimate of drug-likeness (QED) is 0.0314. The molecule has 0 heterocycles. The van der Waals surface area contributed by atoms with Crippen LogP contribution in [-0.2, 0) is 19.2 Å². The first-order chi connectivity index (χ1) is 33.7. The number of hydrogen-bond donors (Lipinski definition) is 4. The number of carbonyl (C=O) groups excluding carboxylic acids is 6. The third-order valence-corrected chi connectivity index (χ3v) is 11.8. The smallest absolute Gasteiger partial charge is 0.258 e. The molecule has 5 aromatic carbocycles. The molecule has 16 nitrogen and oxygen atoms in total. The van der Waals surface area contributed by atoms with Gasteiger partial charge >= 0.3 is 0 Å². The van der Waals surface area contributed by atoms with Crippen LogP contribution in [-0.4, -0.2) is 60.5 Å². The molecule has 5 atom stereocenters. The number of hydrogen-bond acceptors (Lipinski definition) is 12. The number of Topliss-reactive ketones (excluding diaryl/α,β-unsaturated/α-hetero) is 2. The highest BCUT2D eigenvalue weighted by molar-refractivity contribution is 6.37. The number of ether oxygens (including phenoxy) is 2. The number of amides is 4. The molecule has 0 radical (unpaired) electrons. The molecule has 4 amide bonds. The highest BCUT2D eigenvalue weighted by Gasteiger charge is 2.27. The van der Waals surface area contributed by atoms with Crippen LogP contribution in [0.4, 0.5) is 34.1 Å².